The summed E-state index contributed by atoms with van der Waals surface area (Å²) in [4.78, 5) is 15.5. The van der Waals surface area contributed by atoms with Crippen LogP contribution in [0.2, 0.25) is 0 Å². The normalized spacial score (nSPS) is 27.8. The molecule has 0 aromatic carbocycles. The Morgan fingerprint density at radius 1 is 1.62 bits per heavy atom. The first-order valence-corrected chi connectivity index (χ1v) is 9.12. The molecule has 0 aliphatic carbocycles. The highest BCUT2D eigenvalue weighted by Gasteiger charge is 2.47. The first kappa shape index (κ1) is 19.1. The minimum Gasteiger partial charge on any atom is -0.390 e. The molecule has 1 aliphatic heterocycles. The average Bonchev–Trinajstić information content (AvgIpc) is 2.89. The Morgan fingerprint density at radius 3 is 2.83 bits per heavy atom. The molecule has 0 saturated carbocycles. The molecule has 1 aliphatic rings. The predicted octanol–water partition coefficient (Wildman–Crippen LogP) is 1.08. The van der Waals surface area contributed by atoms with Crippen LogP contribution in [0.3, 0.4) is 0 Å². The standard InChI is InChI=1S/C13H19ClN3O6P/c1-21-24(20,22-2)6-4-13(8-14)9(18)7-11(23-13)17-5-3-10(15)16-12(17)19/h3-6,9,11,18H,7-8H2,1-2H3,(H2,15,16,19)/b6-4+/t9-,11+,13-/m0/s1. The molecular weight excluding hydrogens is 361 g/mol. The lowest BCUT2D eigenvalue weighted by Gasteiger charge is -2.27. The molecule has 134 valence electrons. The first-order chi connectivity index (χ1) is 11.3. The van der Waals surface area contributed by atoms with Gasteiger partial charge in [-0.05, 0) is 12.1 Å². The van der Waals surface area contributed by atoms with Gasteiger partial charge in [0, 0.05) is 32.7 Å². The molecule has 0 radical (unpaired) electrons. The summed E-state index contributed by atoms with van der Waals surface area (Å²) in [6, 6.07) is 1.44. The zero-order valence-electron chi connectivity index (χ0n) is 13.2. The molecule has 3 atom stereocenters. The monoisotopic (exact) mass is 379 g/mol. The van der Waals surface area contributed by atoms with E-state index in [4.69, 9.17) is 31.1 Å². The highest BCUT2D eigenvalue weighted by atomic mass is 35.5. The van der Waals surface area contributed by atoms with E-state index in [2.05, 4.69) is 4.98 Å². The van der Waals surface area contributed by atoms with E-state index in [1.165, 1.54) is 42.9 Å². The first-order valence-electron chi connectivity index (χ1n) is 6.97. The van der Waals surface area contributed by atoms with Crippen LogP contribution in [0.4, 0.5) is 5.82 Å². The molecule has 1 fully saturated rings. The van der Waals surface area contributed by atoms with Gasteiger partial charge < -0.3 is 24.6 Å². The van der Waals surface area contributed by atoms with E-state index in [1.54, 1.807) is 0 Å². The second-order valence-electron chi connectivity index (χ2n) is 5.18. The third-order valence-electron chi connectivity index (χ3n) is 3.76. The Balaban J connectivity index is 2.31. The quantitative estimate of drug-likeness (QED) is 0.555. The molecular formula is C13H19ClN3O6P. The molecule has 9 nitrogen and oxygen atoms in total. The van der Waals surface area contributed by atoms with E-state index < -0.39 is 31.2 Å². The van der Waals surface area contributed by atoms with Crippen molar-refractivity contribution in [1.29, 1.82) is 0 Å². The van der Waals surface area contributed by atoms with Crippen LogP contribution in [-0.4, -0.2) is 46.5 Å². The molecule has 0 amide bonds. The number of rotatable bonds is 6. The van der Waals surface area contributed by atoms with Crippen LogP contribution >= 0.6 is 19.2 Å². The number of aliphatic hydroxyl groups is 1. The number of aliphatic hydroxyl groups excluding tert-OH is 1. The summed E-state index contributed by atoms with van der Waals surface area (Å²) in [5, 5.41) is 10.4. The number of aromatic nitrogens is 2. The molecule has 11 heteroatoms. The second-order valence-corrected chi connectivity index (χ2v) is 7.55. The van der Waals surface area contributed by atoms with E-state index in [-0.39, 0.29) is 18.1 Å². The van der Waals surface area contributed by atoms with Crippen LogP contribution < -0.4 is 11.4 Å². The van der Waals surface area contributed by atoms with Gasteiger partial charge in [0.25, 0.3) is 0 Å². The van der Waals surface area contributed by atoms with Crippen molar-refractivity contribution in [3.63, 3.8) is 0 Å². The summed E-state index contributed by atoms with van der Waals surface area (Å²) < 4.78 is 28.7. The van der Waals surface area contributed by atoms with E-state index in [0.717, 1.165) is 0 Å². The zero-order valence-corrected chi connectivity index (χ0v) is 14.8. The summed E-state index contributed by atoms with van der Waals surface area (Å²) in [5.74, 6) is 1.12. The van der Waals surface area contributed by atoms with Crippen molar-refractivity contribution in [2.45, 2.75) is 24.4 Å². The van der Waals surface area contributed by atoms with Crippen molar-refractivity contribution in [2.24, 2.45) is 0 Å². The maximum Gasteiger partial charge on any atom is 0.353 e. The van der Waals surface area contributed by atoms with Crippen LogP contribution in [0.1, 0.15) is 12.6 Å². The predicted molar refractivity (Wildman–Crippen MR) is 87.9 cm³/mol. The lowest BCUT2D eigenvalue weighted by molar-refractivity contribution is -0.0581. The molecule has 0 unspecified atom stereocenters. The Labute approximate surface area is 143 Å². The van der Waals surface area contributed by atoms with Crippen molar-refractivity contribution in [1.82, 2.24) is 9.55 Å². The fraction of sp³-hybridized carbons (Fsp3) is 0.538. The van der Waals surface area contributed by atoms with Gasteiger partial charge in [-0.3, -0.25) is 9.13 Å². The number of halogens is 1. The molecule has 24 heavy (non-hydrogen) atoms. The smallest absolute Gasteiger partial charge is 0.353 e. The van der Waals surface area contributed by atoms with E-state index in [0.29, 0.717) is 0 Å². The maximum absolute atomic E-state index is 12.1. The lowest BCUT2D eigenvalue weighted by Crippen LogP contribution is -2.39. The molecule has 2 heterocycles. The van der Waals surface area contributed by atoms with Crippen LogP contribution in [0, 0.1) is 0 Å². The van der Waals surface area contributed by atoms with Crippen molar-refractivity contribution in [3.8, 4) is 0 Å². The third kappa shape index (κ3) is 3.72. The number of anilines is 1. The molecule has 3 N–H and O–H groups in total. The molecule has 1 aromatic heterocycles. The van der Waals surface area contributed by atoms with Gasteiger partial charge in [-0.25, -0.2) is 4.79 Å². The van der Waals surface area contributed by atoms with Crippen molar-refractivity contribution < 1.29 is 23.5 Å². The summed E-state index contributed by atoms with van der Waals surface area (Å²) in [7, 11) is -0.986. The lowest BCUT2D eigenvalue weighted by atomic mass is 9.99. The number of hydrogen-bond acceptors (Lipinski definition) is 8. The van der Waals surface area contributed by atoms with Gasteiger partial charge in [0.1, 0.15) is 17.6 Å². The third-order valence-corrected chi connectivity index (χ3v) is 5.71. The minimum absolute atomic E-state index is 0.0828. The number of alkyl halides is 1. The number of nitrogens with two attached hydrogens (primary N) is 1. The zero-order chi connectivity index (χ0) is 18.0. The summed E-state index contributed by atoms with van der Waals surface area (Å²) in [5.41, 5.74) is 3.50. The number of nitrogens with zero attached hydrogens (tertiary/aromatic N) is 2. The van der Waals surface area contributed by atoms with Crippen molar-refractivity contribution in [3.05, 3.63) is 34.6 Å². The molecule has 1 aromatic rings. The van der Waals surface area contributed by atoms with Crippen molar-refractivity contribution in [2.75, 3.05) is 25.8 Å². The highest BCUT2D eigenvalue weighted by Crippen LogP contribution is 2.49. The van der Waals surface area contributed by atoms with Gasteiger partial charge in [0.2, 0.25) is 0 Å². The van der Waals surface area contributed by atoms with Crippen LogP contribution in [0.25, 0.3) is 0 Å². The topological polar surface area (TPSA) is 126 Å². The Kier molecular flexibility index (Phi) is 5.85. The minimum atomic E-state index is -3.45. The van der Waals surface area contributed by atoms with E-state index in [1.807, 2.05) is 0 Å². The Bertz CT molecular complexity index is 718. The average molecular weight is 380 g/mol. The molecule has 0 spiro atoms. The fourth-order valence-corrected chi connectivity index (χ4v) is 3.47. The van der Waals surface area contributed by atoms with Crippen LogP contribution in [-0.2, 0) is 18.3 Å². The summed E-state index contributed by atoms with van der Waals surface area (Å²) >= 11 is 5.96. The van der Waals surface area contributed by atoms with Gasteiger partial charge in [-0.2, -0.15) is 4.98 Å². The van der Waals surface area contributed by atoms with Gasteiger partial charge in [0.05, 0.1) is 12.0 Å². The van der Waals surface area contributed by atoms with Crippen LogP contribution in [0.5, 0.6) is 0 Å². The van der Waals surface area contributed by atoms with Crippen molar-refractivity contribution >= 4 is 25.0 Å². The highest BCUT2D eigenvalue weighted by molar-refractivity contribution is 7.57. The molecule has 1 saturated heterocycles. The second kappa shape index (κ2) is 7.35. The fourth-order valence-electron chi connectivity index (χ4n) is 2.31. The number of ether oxygens (including phenoxy) is 1. The largest absolute Gasteiger partial charge is 0.390 e. The molecule has 2 rings (SSSR count). The van der Waals surface area contributed by atoms with E-state index in [9.17, 15) is 14.5 Å². The van der Waals surface area contributed by atoms with Gasteiger partial charge in [-0.1, -0.05) is 0 Å². The number of nitrogen functional groups attached to an aromatic ring is 1. The SMILES string of the molecule is COP(=O)(/C=C/[C@@]1(CCl)O[C@@H](n2ccc(N)nc2=O)C[C@@H]1O)OC. The Hall–Kier alpha value is -1.22. The maximum atomic E-state index is 12.1. The summed E-state index contributed by atoms with van der Waals surface area (Å²) in [6.07, 6.45) is 1.02. The number of hydrogen-bond donors (Lipinski definition) is 2. The van der Waals surface area contributed by atoms with Crippen LogP contribution in [0.15, 0.2) is 29.0 Å². The van der Waals surface area contributed by atoms with E-state index >= 15 is 0 Å². The van der Waals surface area contributed by atoms with Gasteiger partial charge in [0.15, 0.2) is 0 Å². The Morgan fingerprint density at radius 2 is 2.29 bits per heavy atom. The van der Waals surface area contributed by atoms with Gasteiger partial charge >= 0.3 is 13.3 Å². The molecule has 0 bridgehead atoms. The summed E-state index contributed by atoms with van der Waals surface area (Å²) in [6.45, 7) is 0. The van der Waals surface area contributed by atoms with Gasteiger partial charge in [-0.15, -0.1) is 11.6 Å².